The van der Waals surface area contributed by atoms with E-state index >= 15 is 0 Å². The molecular formula is C13H8FNO2S. The van der Waals surface area contributed by atoms with Crippen molar-refractivity contribution in [3.05, 3.63) is 51.9 Å². The number of ketones is 1. The molecule has 3 aromatic rings. The van der Waals surface area contributed by atoms with Crippen LogP contribution in [0.1, 0.15) is 21.3 Å². The summed E-state index contributed by atoms with van der Waals surface area (Å²) in [5.74, 6) is -0.455. The van der Waals surface area contributed by atoms with Crippen molar-refractivity contribution in [2.75, 3.05) is 0 Å². The van der Waals surface area contributed by atoms with Gasteiger partial charge in [0.25, 0.3) is 0 Å². The van der Waals surface area contributed by atoms with Gasteiger partial charge in [0, 0.05) is 10.8 Å². The maximum absolute atomic E-state index is 13.0. The van der Waals surface area contributed by atoms with Gasteiger partial charge in [-0.25, -0.2) is 9.37 Å². The van der Waals surface area contributed by atoms with Gasteiger partial charge in [0.15, 0.2) is 5.76 Å². The summed E-state index contributed by atoms with van der Waals surface area (Å²) in [4.78, 5) is 16.2. The monoisotopic (exact) mass is 261 g/mol. The number of furan rings is 1. The molecule has 2 heterocycles. The number of benzene rings is 1. The summed E-state index contributed by atoms with van der Waals surface area (Å²) in [5.41, 5.74) is 0.851. The smallest absolute Gasteiger partial charge is 0.247 e. The number of halogens is 1. The molecule has 2 aromatic heterocycles. The molecule has 90 valence electrons. The Balaban J connectivity index is 2.06. The standard InChI is InChI=1S/C13H8FNO2S/c1-7-15-10(6-18-7)13(16)12-5-8-4-9(14)2-3-11(8)17-12/h2-6H,1H3. The zero-order valence-corrected chi connectivity index (χ0v) is 10.3. The lowest BCUT2D eigenvalue weighted by atomic mass is 10.2. The molecule has 0 bridgehead atoms. The first-order valence-electron chi connectivity index (χ1n) is 5.29. The van der Waals surface area contributed by atoms with Gasteiger partial charge in [-0.2, -0.15) is 0 Å². The van der Waals surface area contributed by atoms with Crippen LogP contribution in [0.3, 0.4) is 0 Å². The fourth-order valence-electron chi connectivity index (χ4n) is 1.72. The van der Waals surface area contributed by atoms with Crippen LogP contribution >= 0.6 is 11.3 Å². The van der Waals surface area contributed by atoms with Gasteiger partial charge in [0.05, 0.1) is 5.01 Å². The van der Waals surface area contributed by atoms with E-state index < -0.39 is 0 Å². The minimum atomic E-state index is -0.355. The van der Waals surface area contributed by atoms with Crippen molar-refractivity contribution in [3.8, 4) is 0 Å². The molecule has 5 heteroatoms. The fourth-order valence-corrected chi connectivity index (χ4v) is 2.31. The topological polar surface area (TPSA) is 43.1 Å². The van der Waals surface area contributed by atoms with Crippen molar-refractivity contribution >= 4 is 28.1 Å². The van der Waals surface area contributed by atoms with Crippen molar-refractivity contribution in [1.82, 2.24) is 4.98 Å². The molecule has 0 atom stereocenters. The van der Waals surface area contributed by atoms with E-state index in [2.05, 4.69) is 4.98 Å². The van der Waals surface area contributed by atoms with Crippen LogP contribution in [0, 0.1) is 12.7 Å². The van der Waals surface area contributed by atoms with E-state index in [1.165, 1.54) is 35.6 Å². The van der Waals surface area contributed by atoms with E-state index in [1.807, 2.05) is 6.92 Å². The molecule has 0 N–H and O–H groups in total. The number of carbonyl (C=O) groups is 1. The number of thiazole rings is 1. The van der Waals surface area contributed by atoms with Crippen LogP contribution in [0.2, 0.25) is 0 Å². The summed E-state index contributed by atoms with van der Waals surface area (Å²) in [6, 6.07) is 5.68. The Morgan fingerprint density at radius 3 is 2.94 bits per heavy atom. The van der Waals surface area contributed by atoms with Gasteiger partial charge in [-0.1, -0.05) is 0 Å². The fraction of sp³-hybridized carbons (Fsp3) is 0.0769. The highest BCUT2D eigenvalue weighted by molar-refractivity contribution is 7.09. The lowest BCUT2D eigenvalue weighted by Crippen LogP contribution is -1.99. The summed E-state index contributed by atoms with van der Waals surface area (Å²) in [5, 5.41) is 3.08. The second-order valence-electron chi connectivity index (χ2n) is 3.87. The summed E-state index contributed by atoms with van der Waals surface area (Å²) in [7, 11) is 0. The molecule has 18 heavy (non-hydrogen) atoms. The normalized spacial score (nSPS) is 11.0. The lowest BCUT2D eigenvalue weighted by molar-refractivity contribution is 0.101. The van der Waals surface area contributed by atoms with Crippen molar-refractivity contribution in [2.24, 2.45) is 0 Å². The van der Waals surface area contributed by atoms with Gasteiger partial charge < -0.3 is 4.42 Å². The van der Waals surface area contributed by atoms with Crippen molar-refractivity contribution in [1.29, 1.82) is 0 Å². The number of rotatable bonds is 2. The number of aromatic nitrogens is 1. The SMILES string of the molecule is Cc1nc(C(=O)c2cc3cc(F)ccc3o2)cs1. The van der Waals surface area contributed by atoms with Crippen LogP contribution in [0.4, 0.5) is 4.39 Å². The number of hydrogen-bond donors (Lipinski definition) is 0. The third kappa shape index (κ3) is 1.82. The van der Waals surface area contributed by atoms with Crippen LogP contribution < -0.4 is 0 Å². The molecule has 0 saturated carbocycles. The molecule has 0 amide bonds. The number of hydrogen-bond acceptors (Lipinski definition) is 4. The first-order chi connectivity index (χ1) is 8.63. The van der Waals surface area contributed by atoms with Gasteiger partial charge in [-0.15, -0.1) is 11.3 Å². The Morgan fingerprint density at radius 1 is 1.39 bits per heavy atom. The Morgan fingerprint density at radius 2 is 2.22 bits per heavy atom. The van der Waals surface area contributed by atoms with E-state index in [4.69, 9.17) is 4.42 Å². The zero-order chi connectivity index (χ0) is 12.7. The minimum Gasteiger partial charge on any atom is -0.453 e. The van der Waals surface area contributed by atoms with E-state index in [9.17, 15) is 9.18 Å². The maximum Gasteiger partial charge on any atom is 0.247 e. The summed E-state index contributed by atoms with van der Waals surface area (Å²) < 4.78 is 18.4. The van der Waals surface area contributed by atoms with Crippen LogP contribution in [-0.2, 0) is 0 Å². The van der Waals surface area contributed by atoms with Gasteiger partial charge in [0.2, 0.25) is 5.78 Å². The molecule has 0 aliphatic carbocycles. The highest BCUT2D eigenvalue weighted by atomic mass is 32.1. The molecule has 0 aliphatic heterocycles. The average molecular weight is 261 g/mol. The Hall–Kier alpha value is -2.01. The number of carbonyl (C=O) groups excluding carboxylic acids is 1. The van der Waals surface area contributed by atoms with Gasteiger partial charge in [-0.05, 0) is 31.2 Å². The second-order valence-corrected chi connectivity index (χ2v) is 4.94. The Bertz CT molecular complexity index is 744. The zero-order valence-electron chi connectivity index (χ0n) is 9.44. The Labute approximate surface area is 106 Å². The summed E-state index contributed by atoms with van der Waals surface area (Å²) in [6.07, 6.45) is 0. The summed E-state index contributed by atoms with van der Waals surface area (Å²) >= 11 is 1.40. The van der Waals surface area contributed by atoms with Crippen LogP contribution in [0.5, 0.6) is 0 Å². The van der Waals surface area contributed by atoms with Crippen molar-refractivity contribution < 1.29 is 13.6 Å². The third-order valence-corrected chi connectivity index (χ3v) is 3.33. The molecule has 0 unspecified atom stereocenters. The van der Waals surface area contributed by atoms with Crippen LogP contribution in [-0.4, -0.2) is 10.8 Å². The molecule has 3 rings (SSSR count). The molecule has 0 radical (unpaired) electrons. The van der Waals surface area contributed by atoms with Crippen LogP contribution in [0.25, 0.3) is 11.0 Å². The van der Waals surface area contributed by atoms with Gasteiger partial charge in [-0.3, -0.25) is 4.79 Å². The predicted octanol–water partition coefficient (Wildman–Crippen LogP) is 3.57. The predicted molar refractivity (Wildman–Crippen MR) is 66.5 cm³/mol. The van der Waals surface area contributed by atoms with E-state index in [0.29, 0.717) is 16.7 Å². The van der Waals surface area contributed by atoms with E-state index in [0.717, 1.165) is 5.01 Å². The second kappa shape index (κ2) is 4.03. The Kier molecular flexibility index (Phi) is 2.48. The summed E-state index contributed by atoms with van der Waals surface area (Å²) in [6.45, 7) is 1.83. The van der Waals surface area contributed by atoms with Crippen molar-refractivity contribution in [3.63, 3.8) is 0 Å². The molecule has 3 nitrogen and oxygen atoms in total. The number of nitrogens with zero attached hydrogens (tertiary/aromatic N) is 1. The molecular weight excluding hydrogens is 253 g/mol. The average Bonchev–Trinajstić information content (AvgIpc) is 2.93. The first kappa shape index (κ1) is 11.1. The maximum atomic E-state index is 13.0. The highest BCUT2D eigenvalue weighted by Gasteiger charge is 2.17. The largest absolute Gasteiger partial charge is 0.453 e. The van der Waals surface area contributed by atoms with E-state index in [1.54, 1.807) is 5.38 Å². The van der Waals surface area contributed by atoms with E-state index in [-0.39, 0.29) is 17.4 Å². The molecule has 1 aromatic carbocycles. The number of aryl methyl sites for hydroxylation is 1. The van der Waals surface area contributed by atoms with Crippen LogP contribution in [0.15, 0.2) is 34.1 Å². The first-order valence-corrected chi connectivity index (χ1v) is 6.17. The number of fused-ring (bicyclic) bond motifs is 1. The third-order valence-electron chi connectivity index (χ3n) is 2.55. The highest BCUT2D eigenvalue weighted by Crippen LogP contribution is 2.22. The van der Waals surface area contributed by atoms with Crippen molar-refractivity contribution in [2.45, 2.75) is 6.92 Å². The van der Waals surface area contributed by atoms with Gasteiger partial charge >= 0.3 is 0 Å². The molecule has 0 aliphatic rings. The molecule has 0 saturated heterocycles. The molecule has 0 fully saturated rings. The quantitative estimate of drug-likeness (QED) is 0.662. The van der Waals surface area contributed by atoms with Gasteiger partial charge in [0.1, 0.15) is 17.1 Å². The lowest BCUT2D eigenvalue weighted by Gasteiger charge is -1.90. The minimum absolute atomic E-state index is 0.181. The molecule has 0 spiro atoms.